The average Bonchev–Trinajstić information content (AvgIpc) is 1.37. The maximum atomic E-state index is 2.18. The van der Waals surface area contributed by atoms with Crippen LogP contribution in [0.5, 0.6) is 0 Å². The summed E-state index contributed by atoms with van der Waals surface area (Å²) in [6.07, 6.45) is 2.64. The monoisotopic (exact) mass is 136 g/mol. The fraction of sp³-hybridized carbons (Fsp3) is 1.00. The molecule has 0 N–H and O–H groups in total. The first-order valence-corrected chi connectivity index (χ1v) is 1.91. The molecule has 7 heavy (non-hydrogen) atoms. The molecule has 0 saturated heterocycles. The summed E-state index contributed by atoms with van der Waals surface area (Å²) >= 11 is 0. The van der Waals surface area contributed by atoms with E-state index in [1.54, 1.807) is 0 Å². The first-order chi connectivity index (χ1) is 1.91. The van der Waals surface area contributed by atoms with Crippen LogP contribution < -0.4 is 59.1 Å². The second-order valence-electron chi connectivity index (χ2n) is 1.000. The third-order valence-electron chi connectivity index (χ3n) is 0.500. The molecule has 0 atom stereocenters. The van der Waals surface area contributed by atoms with Crippen LogP contribution in [0.4, 0.5) is 0 Å². The van der Waals surface area contributed by atoms with Crippen LogP contribution in [0, 0.1) is 0 Å². The van der Waals surface area contributed by atoms with Crippen LogP contribution in [0.3, 0.4) is 0 Å². The minimum atomic E-state index is 0. The normalized spacial score (nSPS) is 4.29. The van der Waals surface area contributed by atoms with Gasteiger partial charge in [-0.3, -0.25) is 0 Å². The molecule has 0 bridgehead atoms. The molecule has 0 rings (SSSR count). The zero-order valence-electron chi connectivity index (χ0n) is 5.82. The van der Waals surface area contributed by atoms with Gasteiger partial charge in [-0.2, -0.15) is 0 Å². The molecule has 0 saturated carbocycles. The van der Waals surface area contributed by atoms with Crippen molar-refractivity contribution >= 4 is 13.5 Å². The van der Waals surface area contributed by atoms with Crippen molar-refractivity contribution in [1.82, 2.24) is 0 Å². The molecule has 0 aromatic rings. The van der Waals surface area contributed by atoms with E-state index in [1.807, 2.05) is 0 Å². The molecule has 0 aromatic heterocycles. The summed E-state index contributed by atoms with van der Waals surface area (Å²) in [5, 5.41) is 0. The number of unbranched alkanes of at least 4 members (excludes halogenated alkanes) is 1. The Labute approximate surface area is 97.9 Å². The van der Waals surface area contributed by atoms with Gasteiger partial charge in [-0.25, -0.2) is 0 Å². The second kappa shape index (κ2) is 23.8. The molecule has 0 radical (unpaired) electrons. The minimum absolute atomic E-state index is 0. The standard InChI is InChI=1S/C4H10.2Na.S/c1-3-4-2;;;/h3-4H2,1-2H3;;;/q;2*+1;-2. The summed E-state index contributed by atoms with van der Waals surface area (Å²) in [7, 11) is 0. The first-order valence-electron chi connectivity index (χ1n) is 1.91. The Hall–Kier alpha value is 2.35. The molecule has 0 aromatic carbocycles. The molecular formula is C4H10Na2S. The van der Waals surface area contributed by atoms with Gasteiger partial charge in [-0.1, -0.05) is 26.7 Å². The van der Waals surface area contributed by atoms with Crippen LogP contribution in [0.25, 0.3) is 0 Å². The number of rotatable bonds is 1. The largest absolute Gasteiger partial charge is 2.00 e. The van der Waals surface area contributed by atoms with Crippen LogP contribution in [0.1, 0.15) is 26.7 Å². The molecule has 0 amide bonds. The Morgan fingerprint density at radius 1 is 0.857 bits per heavy atom. The van der Waals surface area contributed by atoms with Crippen molar-refractivity contribution in [3.8, 4) is 0 Å². The van der Waals surface area contributed by atoms with Crippen LogP contribution in [-0.4, -0.2) is 0 Å². The molecule has 3 heteroatoms. The smallest absolute Gasteiger partial charge is 1.00 e. The van der Waals surface area contributed by atoms with E-state index >= 15 is 0 Å². The average molecular weight is 136 g/mol. The van der Waals surface area contributed by atoms with Crippen LogP contribution >= 0.6 is 0 Å². The van der Waals surface area contributed by atoms with E-state index in [9.17, 15) is 0 Å². The van der Waals surface area contributed by atoms with Gasteiger partial charge in [-0.15, -0.1) is 0 Å². The summed E-state index contributed by atoms with van der Waals surface area (Å²) in [5.74, 6) is 0. The van der Waals surface area contributed by atoms with Crippen molar-refractivity contribution in [1.29, 1.82) is 0 Å². The molecule has 34 valence electrons. The summed E-state index contributed by atoms with van der Waals surface area (Å²) < 4.78 is 0. The molecular weight excluding hydrogens is 126 g/mol. The summed E-state index contributed by atoms with van der Waals surface area (Å²) in [4.78, 5) is 0. The van der Waals surface area contributed by atoms with E-state index in [4.69, 9.17) is 0 Å². The fourth-order valence-electron chi connectivity index (χ4n) is 0. The first kappa shape index (κ1) is 22.8. The van der Waals surface area contributed by atoms with Crippen molar-refractivity contribution < 1.29 is 59.1 Å². The van der Waals surface area contributed by atoms with Gasteiger partial charge in [-0.05, 0) is 0 Å². The van der Waals surface area contributed by atoms with Gasteiger partial charge in [0.05, 0.1) is 0 Å². The van der Waals surface area contributed by atoms with Gasteiger partial charge in [0.25, 0.3) is 0 Å². The molecule has 0 aliphatic heterocycles. The molecule has 0 aliphatic carbocycles. The SMILES string of the molecule is CCCC.[Na+].[Na+].[S-2]. The zero-order chi connectivity index (χ0) is 3.41. The van der Waals surface area contributed by atoms with Gasteiger partial charge in [0.1, 0.15) is 0 Å². The Kier molecular flexibility index (Phi) is 77.6. The van der Waals surface area contributed by atoms with Crippen molar-refractivity contribution in [2.75, 3.05) is 0 Å². The second-order valence-corrected chi connectivity index (χ2v) is 1.000. The molecule has 0 fully saturated rings. The van der Waals surface area contributed by atoms with Crippen molar-refractivity contribution in [3.05, 3.63) is 0 Å². The van der Waals surface area contributed by atoms with Crippen molar-refractivity contribution in [3.63, 3.8) is 0 Å². The minimum Gasteiger partial charge on any atom is -2.00 e. The molecule has 0 unspecified atom stereocenters. The summed E-state index contributed by atoms with van der Waals surface area (Å²) in [6.45, 7) is 4.36. The van der Waals surface area contributed by atoms with E-state index in [-0.39, 0.29) is 72.6 Å². The van der Waals surface area contributed by atoms with E-state index in [0.29, 0.717) is 0 Å². The topological polar surface area (TPSA) is 0 Å². The maximum absolute atomic E-state index is 2.18. The molecule has 0 heterocycles. The van der Waals surface area contributed by atoms with E-state index < -0.39 is 0 Å². The van der Waals surface area contributed by atoms with Gasteiger partial charge < -0.3 is 13.5 Å². The Morgan fingerprint density at radius 3 is 1.00 bits per heavy atom. The molecule has 0 nitrogen and oxygen atoms in total. The molecule has 0 spiro atoms. The predicted octanol–water partition coefficient (Wildman–Crippen LogP) is -4.19. The van der Waals surface area contributed by atoms with Crippen LogP contribution in [0.2, 0.25) is 0 Å². The Balaban J connectivity index is -0.0000000150. The maximum Gasteiger partial charge on any atom is 1.00 e. The van der Waals surface area contributed by atoms with Crippen LogP contribution in [-0.2, 0) is 13.5 Å². The Morgan fingerprint density at radius 2 is 1.00 bits per heavy atom. The summed E-state index contributed by atoms with van der Waals surface area (Å²) in [5.41, 5.74) is 0. The number of hydrogen-bond donors (Lipinski definition) is 0. The van der Waals surface area contributed by atoms with Gasteiger partial charge in [0, 0.05) is 0 Å². The van der Waals surface area contributed by atoms with Gasteiger partial charge in [0.15, 0.2) is 0 Å². The van der Waals surface area contributed by atoms with E-state index in [2.05, 4.69) is 13.8 Å². The fourth-order valence-corrected chi connectivity index (χ4v) is 0. The molecule has 0 aliphatic rings. The quantitative estimate of drug-likeness (QED) is 0.321. The predicted molar refractivity (Wildman–Crippen MR) is 27.9 cm³/mol. The number of hydrogen-bond acceptors (Lipinski definition) is 0. The zero-order valence-corrected chi connectivity index (χ0v) is 10.6. The van der Waals surface area contributed by atoms with Gasteiger partial charge in [0.2, 0.25) is 0 Å². The third kappa shape index (κ3) is 30.0. The van der Waals surface area contributed by atoms with Crippen LogP contribution in [0.15, 0.2) is 0 Å². The van der Waals surface area contributed by atoms with Crippen molar-refractivity contribution in [2.45, 2.75) is 26.7 Å². The van der Waals surface area contributed by atoms with Crippen molar-refractivity contribution in [2.24, 2.45) is 0 Å². The third-order valence-corrected chi connectivity index (χ3v) is 0.500. The Bertz CT molecular complexity index is 11.7. The summed E-state index contributed by atoms with van der Waals surface area (Å²) in [6, 6.07) is 0. The van der Waals surface area contributed by atoms with E-state index in [1.165, 1.54) is 12.8 Å². The van der Waals surface area contributed by atoms with E-state index in [0.717, 1.165) is 0 Å². The van der Waals surface area contributed by atoms with Gasteiger partial charge >= 0.3 is 59.1 Å².